The van der Waals surface area contributed by atoms with E-state index in [9.17, 15) is 13.2 Å². The fourth-order valence-electron chi connectivity index (χ4n) is 4.48. The van der Waals surface area contributed by atoms with E-state index in [2.05, 4.69) is 0 Å². The van der Waals surface area contributed by atoms with Crippen molar-refractivity contribution in [2.75, 3.05) is 12.3 Å². The van der Waals surface area contributed by atoms with E-state index in [4.69, 9.17) is 15.5 Å². The average molecular weight is 480 g/mol. The van der Waals surface area contributed by atoms with Crippen LogP contribution in [0.2, 0.25) is 0 Å². The van der Waals surface area contributed by atoms with Gasteiger partial charge >= 0.3 is 0 Å². The lowest BCUT2D eigenvalue weighted by atomic mass is 10.1. The van der Waals surface area contributed by atoms with Gasteiger partial charge in [-0.05, 0) is 69.0 Å². The standard InChI is InChI=1S/C25H26N4O4S/c1-15-8-9-19(12-17(15)3)34(31,32)21-13-20-24(29(22(21)26)14-18-7-5-11-33-18)27-23-16(2)6-4-10-28(23)25(20)30/h4,6,8-10,12-13,18,26H,5,7,11,14H2,1-3H3/p+1/t18-/m1/s1. The van der Waals surface area contributed by atoms with Gasteiger partial charge in [0.25, 0.3) is 11.2 Å². The normalized spacial score (nSPS) is 16.5. The predicted molar refractivity (Wildman–Crippen MR) is 129 cm³/mol. The highest BCUT2D eigenvalue weighted by Crippen LogP contribution is 2.28. The second kappa shape index (κ2) is 8.18. The Morgan fingerprint density at radius 1 is 1.15 bits per heavy atom. The number of fused-ring (bicyclic) bond motifs is 2. The van der Waals surface area contributed by atoms with Crippen molar-refractivity contribution in [3.63, 3.8) is 0 Å². The molecule has 8 nitrogen and oxygen atoms in total. The Kier molecular flexibility index (Phi) is 5.41. The van der Waals surface area contributed by atoms with Crippen LogP contribution in [-0.4, -0.2) is 30.5 Å². The number of ether oxygens (including phenoxy) is 1. The number of hydrogen-bond donors (Lipinski definition) is 1. The van der Waals surface area contributed by atoms with E-state index < -0.39 is 9.84 Å². The quantitative estimate of drug-likeness (QED) is 0.356. The first-order valence-electron chi connectivity index (χ1n) is 11.3. The number of nitrogen functional groups attached to an aromatic ring is 1. The van der Waals surface area contributed by atoms with E-state index in [1.54, 1.807) is 35.0 Å². The van der Waals surface area contributed by atoms with Gasteiger partial charge < -0.3 is 10.5 Å². The molecular formula is C25H27N4O4S+. The average Bonchev–Trinajstić information content (AvgIpc) is 3.31. The molecule has 0 unspecified atom stereocenters. The number of aryl methyl sites for hydroxylation is 3. The minimum Gasteiger partial charge on any atom is -0.375 e. The second-order valence-corrected chi connectivity index (χ2v) is 10.8. The van der Waals surface area contributed by atoms with Crippen molar-refractivity contribution in [3.8, 4) is 0 Å². The zero-order valence-corrected chi connectivity index (χ0v) is 20.2. The Morgan fingerprint density at radius 2 is 1.94 bits per heavy atom. The van der Waals surface area contributed by atoms with Crippen molar-refractivity contribution >= 4 is 32.3 Å². The van der Waals surface area contributed by atoms with Gasteiger partial charge in [0.05, 0.1) is 17.5 Å². The number of aromatic nitrogens is 3. The van der Waals surface area contributed by atoms with Crippen molar-refractivity contribution < 1.29 is 17.7 Å². The van der Waals surface area contributed by atoms with Gasteiger partial charge in [0.1, 0.15) is 10.3 Å². The van der Waals surface area contributed by atoms with Gasteiger partial charge in [0.15, 0.2) is 0 Å². The van der Waals surface area contributed by atoms with Crippen LogP contribution in [0.25, 0.3) is 16.7 Å². The van der Waals surface area contributed by atoms with Crippen LogP contribution < -0.4 is 15.9 Å². The second-order valence-electron chi connectivity index (χ2n) is 8.93. The van der Waals surface area contributed by atoms with Gasteiger partial charge in [-0.15, -0.1) is 0 Å². The Balaban J connectivity index is 1.84. The first kappa shape index (κ1) is 22.5. The molecule has 0 saturated carbocycles. The molecule has 4 aromatic rings. The number of pyridine rings is 2. The number of nitrogens with zero attached hydrogens (tertiary/aromatic N) is 3. The lowest BCUT2D eigenvalue weighted by molar-refractivity contribution is -0.667. The van der Waals surface area contributed by atoms with Crippen LogP contribution in [0, 0.1) is 20.8 Å². The maximum Gasteiger partial charge on any atom is 0.278 e. The van der Waals surface area contributed by atoms with Crippen LogP contribution >= 0.6 is 0 Å². The summed E-state index contributed by atoms with van der Waals surface area (Å²) in [6.45, 7) is 6.61. The largest absolute Gasteiger partial charge is 0.375 e. The summed E-state index contributed by atoms with van der Waals surface area (Å²) in [4.78, 5) is 18.3. The van der Waals surface area contributed by atoms with E-state index in [1.165, 1.54) is 10.5 Å². The molecule has 0 amide bonds. The molecule has 176 valence electrons. The molecule has 9 heteroatoms. The van der Waals surface area contributed by atoms with Gasteiger partial charge in [-0.25, -0.2) is 13.0 Å². The van der Waals surface area contributed by atoms with Crippen molar-refractivity contribution in [2.45, 2.75) is 56.1 Å². The molecule has 1 fully saturated rings. The van der Waals surface area contributed by atoms with Crippen LogP contribution in [0.4, 0.5) is 5.82 Å². The van der Waals surface area contributed by atoms with Crippen LogP contribution in [0.3, 0.4) is 0 Å². The molecular weight excluding hydrogens is 452 g/mol. The Hall–Kier alpha value is -3.30. The summed E-state index contributed by atoms with van der Waals surface area (Å²) in [6, 6.07) is 9.98. The van der Waals surface area contributed by atoms with Crippen LogP contribution in [-0.2, 0) is 21.1 Å². The van der Waals surface area contributed by atoms with E-state index >= 15 is 0 Å². The Morgan fingerprint density at radius 3 is 2.65 bits per heavy atom. The molecule has 0 aliphatic carbocycles. The lowest BCUT2D eigenvalue weighted by Gasteiger charge is -2.16. The number of rotatable bonds is 4. The fraction of sp³-hybridized carbons (Fsp3) is 0.320. The van der Waals surface area contributed by atoms with Gasteiger partial charge in [0, 0.05) is 18.4 Å². The van der Waals surface area contributed by atoms with Gasteiger partial charge in [-0.3, -0.25) is 9.20 Å². The van der Waals surface area contributed by atoms with Gasteiger partial charge in [-0.1, -0.05) is 17.1 Å². The summed E-state index contributed by atoms with van der Waals surface area (Å²) in [6.07, 6.45) is 3.25. The van der Waals surface area contributed by atoms with Crippen molar-refractivity contribution in [2.24, 2.45) is 0 Å². The summed E-state index contributed by atoms with van der Waals surface area (Å²) >= 11 is 0. The number of benzene rings is 1. The molecule has 1 atom stereocenters. The maximum atomic E-state index is 13.7. The lowest BCUT2D eigenvalue weighted by Crippen LogP contribution is -2.45. The molecule has 2 N–H and O–H groups in total. The topological polar surface area (TPSA) is 108 Å². The molecule has 3 aromatic heterocycles. The first-order valence-corrected chi connectivity index (χ1v) is 12.7. The number of hydrogen-bond acceptors (Lipinski definition) is 6. The van der Waals surface area contributed by atoms with E-state index in [0.717, 1.165) is 29.5 Å². The molecule has 0 spiro atoms. The highest BCUT2D eigenvalue weighted by Gasteiger charge is 2.31. The third-order valence-electron chi connectivity index (χ3n) is 6.63. The Labute approximate surface area is 197 Å². The zero-order valence-electron chi connectivity index (χ0n) is 19.4. The van der Waals surface area contributed by atoms with Gasteiger partial charge in [-0.2, -0.15) is 0 Å². The van der Waals surface area contributed by atoms with Crippen LogP contribution in [0.1, 0.15) is 29.5 Å². The van der Waals surface area contributed by atoms with E-state index in [0.29, 0.717) is 24.4 Å². The Bertz CT molecular complexity index is 1620. The zero-order chi connectivity index (χ0) is 24.2. The minimum atomic E-state index is -4.00. The highest BCUT2D eigenvalue weighted by molar-refractivity contribution is 7.91. The molecule has 1 aliphatic heterocycles. The molecule has 1 aromatic carbocycles. The summed E-state index contributed by atoms with van der Waals surface area (Å²) in [5.41, 5.74) is 9.72. The molecule has 5 rings (SSSR count). The predicted octanol–water partition coefficient (Wildman–Crippen LogP) is 2.65. The summed E-state index contributed by atoms with van der Waals surface area (Å²) < 4.78 is 36.3. The third-order valence-corrected chi connectivity index (χ3v) is 8.41. The summed E-state index contributed by atoms with van der Waals surface area (Å²) in [5, 5.41) is 0.192. The monoisotopic (exact) mass is 479 g/mol. The molecule has 0 bridgehead atoms. The van der Waals surface area contributed by atoms with Crippen LogP contribution in [0.15, 0.2) is 57.2 Å². The van der Waals surface area contributed by atoms with E-state index in [1.807, 2.05) is 26.8 Å². The number of anilines is 1. The summed E-state index contributed by atoms with van der Waals surface area (Å²) in [7, 11) is -4.00. The number of sulfone groups is 1. The van der Waals surface area contributed by atoms with Crippen LogP contribution in [0.5, 0.6) is 0 Å². The highest BCUT2D eigenvalue weighted by atomic mass is 32.2. The first-order chi connectivity index (χ1) is 16.2. The van der Waals surface area contributed by atoms with Crippen molar-refractivity contribution in [1.29, 1.82) is 0 Å². The maximum absolute atomic E-state index is 13.7. The SMILES string of the molecule is Cc1ccc(S(=O)(=O)c2cc3c(=O)n4cccc(C)c4nc3[n+](C[C@H]3CCCO3)c2N)cc1C. The van der Waals surface area contributed by atoms with Gasteiger partial charge in [0.2, 0.25) is 21.3 Å². The summed E-state index contributed by atoms with van der Waals surface area (Å²) in [5.74, 6) is 0.0473. The molecule has 1 saturated heterocycles. The molecule has 0 radical (unpaired) electrons. The molecule has 34 heavy (non-hydrogen) atoms. The molecule has 1 aliphatic rings. The minimum absolute atomic E-state index is 0.0473. The number of nitrogens with two attached hydrogens (primary N) is 1. The van der Waals surface area contributed by atoms with E-state index in [-0.39, 0.29) is 32.7 Å². The smallest absolute Gasteiger partial charge is 0.278 e. The fourth-order valence-corrected chi connectivity index (χ4v) is 5.98. The molecule has 4 heterocycles. The third kappa shape index (κ3) is 3.56. The van der Waals surface area contributed by atoms with Crippen molar-refractivity contribution in [3.05, 3.63) is 69.6 Å². The van der Waals surface area contributed by atoms with Crippen molar-refractivity contribution in [1.82, 2.24) is 9.38 Å².